The number of hydrogen-bond acceptors (Lipinski definition) is 5. The van der Waals surface area contributed by atoms with E-state index in [-0.39, 0.29) is 11.9 Å². The molecule has 3 aromatic rings. The fraction of sp³-hybridized carbons (Fsp3) is 0.263. The third-order valence-corrected chi connectivity index (χ3v) is 3.87. The summed E-state index contributed by atoms with van der Waals surface area (Å²) in [5.41, 5.74) is 2.21. The van der Waals surface area contributed by atoms with Gasteiger partial charge in [-0.05, 0) is 45.0 Å². The number of aryl methyl sites for hydroxylation is 1. The van der Waals surface area contributed by atoms with Gasteiger partial charge in [0, 0.05) is 17.3 Å². The lowest BCUT2D eigenvalue weighted by atomic mass is 10.1. The van der Waals surface area contributed by atoms with Gasteiger partial charge in [-0.15, -0.1) is 5.10 Å². The van der Waals surface area contributed by atoms with Crippen LogP contribution in [0.1, 0.15) is 31.3 Å². The topological polar surface area (TPSA) is 77.1 Å². The zero-order chi connectivity index (χ0) is 18.7. The predicted octanol–water partition coefficient (Wildman–Crippen LogP) is 3.54. The van der Waals surface area contributed by atoms with Gasteiger partial charge in [0.05, 0.1) is 18.9 Å². The molecular weight excluding hydrogens is 330 g/mol. The molecule has 1 amide bonds. The van der Waals surface area contributed by atoms with Gasteiger partial charge in [0.15, 0.2) is 0 Å². The van der Waals surface area contributed by atoms with Gasteiger partial charge in [-0.2, -0.15) is 0 Å². The van der Waals surface area contributed by atoms with Crippen LogP contribution in [0.5, 0.6) is 0 Å². The van der Waals surface area contributed by atoms with E-state index in [0.717, 1.165) is 11.3 Å². The number of oxazole rings is 1. The van der Waals surface area contributed by atoms with Crippen molar-refractivity contribution in [1.82, 2.24) is 20.0 Å². The Morgan fingerprint density at radius 3 is 2.85 bits per heavy atom. The van der Waals surface area contributed by atoms with Crippen LogP contribution < -0.4 is 4.90 Å². The minimum Gasteiger partial charge on any atom is -0.441 e. The summed E-state index contributed by atoms with van der Waals surface area (Å²) in [5.74, 6) is 1.03. The van der Waals surface area contributed by atoms with E-state index in [1.165, 1.54) is 6.08 Å². The second-order valence-electron chi connectivity index (χ2n) is 6.24. The monoisotopic (exact) mass is 351 g/mol. The van der Waals surface area contributed by atoms with Crippen LogP contribution >= 0.6 is 0 Å². The van der Waals surface area contributed by atoms with Crippen LogP contribution in [0.15, 0.2) is 53.7 Å². The number of rotatable bonds is 6. The summed E-state index contributed by atoms with van der Waals surface area (Å²) in [6.45, 7) is 9.78. The molecule has 0 aliphatic rings. The Bertz CT molecular complexity index is 925. The van der Waals surface area contributed by atoms with Gasteiger partial charge in [0.2, 0.25) is 5.89 Å². The number of anilines is 1. The first-order chi connectivity index (χ1) is 12.5. The van der Waals surface area contributed by atoms with Crippen LogP contribution in [0.4, 0.5) is 5.69 Å². The second kappa shape index (κ2) is 7.35. The van der Waals surface area contributed by atoms with Crippen LogP contribution in [-0.2, 0) is 11.3 Å². The largest absolute Gasteiger partial charge is 0.441 e. The molecule has 0 saturated heterocycles. The Kier molecular flexibility index (Phi) is 4.97. The summed E-state index contributed by atoms with van der Waals surface area (Å²) in [6, 6.07) is 7.67. The molecule has 0 aliphatic heterocycles. The molecule has 0 bridgehead atoms. The minimum atomic E-state index is -0.218. The molecule has 3 rings (SSSR count). The lowest BCUT2D eigenvalue weighted by molar-refractivity contribution is -0.114. The van der Waals surface area contributed by atoms with E-state index in [9.17, 15) is 4.79 Å². The van der Waals surface area contributed by atoms with E-state index < -0.39 is 0 Å². The molecular formula is C19H21N5O2. The molecule has 0 unspecified atom stereocenters. The standard InChI is InChI=1S/C19H21N5O2/c1-5-18(25)23(11-16-12-24(13(2)3)22-21-16)17-8-6-7-15(9-17)19-20-10-14(4)26-19/h5-10,12-13H,1,11H2,2-4H3. The molecule has 0 spiro atoms. The third kappa shape index (κ3) is 3.72. The molecule has 0 saturated carbocycles. The summed E-state index contributed by atoms with van der Waals surface area (Å²) in [6.07, 6.45) is 4.79. The zero-order valence-electron chi connectivity index (χ0n) is 15.1. The highest BCUT2D eigenvalue weighted by molar-refractivity contribution is 6.01. The van der Waals surface area contributed by atoms with Gasteiger partial charge in [-0.25, -0.2) is 9.67 Å². The molecule has 7 nitrogen and oxygen atoms in total. The Morgan fingerprint density at radius 2 is 2.23 bits per heavy atom. The minimum absolute atomic E-state index is 0.205. The highest BCUT2D eigenvalue weighted by Gasteiger charge is 2.17. The maximum absolute atomic E-state index is 12.4. The zero-order valence-corrected chi connectivity index (χ0v) is 15.1. The van der Waals surface area contributed by atoms with Gasteiger partial charge in [0.1, 0.15) is 11.5 Å². The highest BCUT2D eigenvalue weighted by Crippen LogP contribution is 2.25. The summed E-state index contributed by atoms with van der Waals surface area (Å²) >= 11 is 0. The van der Waals surface area contributed by atoms with E-state index in [1.54, 1.807) is 15.8 Å². The Hall–Kier alpha value is -3.22. The number of amides is 1. The lowest BCUT2D eigenvalue weighted by Gasteiger charge is -2.20. The molecule has 26 heavy (non-hydrogen) atoms. The second-order valence-corrected chi connectivity index (χ2v) is 6.24. The van der Waals surface area contributed by atoms with Crippen molar-refractivity contribution in [3.8, 4) is 11.5 Å². The van der Waals surface area contributed by atoms with Gasteiger partial charge in [-0.3, -0.25) is 4.79 Å². The maximum Gasteiger partial charge on any atom is 0.250 e. The van der Waals surface area contributed by atoms with Crippen molar-refractivity contribution in [3.63, 3.8) is 0 Å². The van der Waals surface area contributed by atoms with E-state index in [4.69, 9.17) is 4.42 Å². The number of benzene rings is 1. The number of nitrogens with zero attached hydrogens (tertiary/aromatic N) is 5. The van der Waals surface area contributed by atoms with E-state index >= 15 is 0 Å². The van der Waals surface area contributed by atoms with Crippen molar-refractivity contribution in [1.29, 1.82) is 0 Å². The molecule has 0 atom stereocenters. The lowest BCUT2D eigenvalue weighted by Crippen LogP contribution is -2.28. The van der Waals surface area contributed by atoms with Crippen molar-refractivity contribution < 1.29 is 9.21 Å². The molecule has 2 aromatic heterocycles. The van der Waals surface area contributed by atoms with Crippen LogP contribution in [-0.4, -0.2) is 25.9 Å². The first-order valence-corrected chi connectivity index (χ1v) is 8.35. The van der Waals surface area contributed by atoms with Gasteiger partial charge >= 0.3 is 0 Å². The van der Waals surface area contributed by atoms with Crippen LogP contribution in [0.2, 0.25) is 0 Å². The summed E-state index contributed by atoms with van der Waals surface area (Å²) in [4.78, 5) is 18.3. The van der Waals surface area contributed by atoms with Crippen molar-refractivity contribution in [2.24, 2.45) is 0 Å². The predicted molar refractivity (Wildman–Crippen MR) is 98.5 cm³/mol. The van der Waals surface area contributed by atoms with E-state index in [1.807, 2.05) is 51.2 Å². The van der Waals surface area contributed by atoms with E-state index in [2.05, 4.69) is 21.9 Å². The number of carbonyl (C=O) groups is 1. The first-order valence-electron chi connectivity index (χ1n) is 8.35. The maximum atomic E-state index is 12.4. The average molecular weight is 351 g/mol. The summed E-state index contributed by atoms with van der Waals surface area (Å²) < 4.78 is 7.34. The average Bonchev–Trinajstić information content (AvgIpc) is 3.28. The smallest absolute Gasteiger partial charge is 0.250 e. The van der Waals surface area contributed by atoms with Crippen molar-refractivity contribution in [2.45, 2.75) is 33.4 Å². The van der Waals surface area contributed by atoms with Crippen molar-refractivity contribution in [3.05, 3.63) is 60.8 Å². The highest BCUT2D eigenvalue weighted by atomic mass is 16.4. The Morgan fingerprint density at radius 1 is 1.42 bits per heavy atom. The molecule has 0 aliphatic carbocycles. The van der Waals surface area contributed by atoms with Crippen molar-refractivity contribution in [2.75, 3.05) is 4.90 Å². The molecule has 0 radical (unpaired) electrons. The molecule has 7 heteroatoms. The fourth-order valence-corrected chi connectivity index (χ4v) is 2.50. The Balaban J connectivity index is 1.92. The SMILES string of the molecule is C=CC(=O)N(Cc1cn(C(C)C)nn1)c1cccc(-c2ncc(C)o2)c1. The van der Waals surface area contributed by atoms with Gasteiger partial charge in [0.25, 0.3) is 5.91 Å². The molecule has 2 heterocycles. The molecule has 134 valence electrons. The first kappa shape index (κ1) is 17.6. The molecule has 1 aromatic carbocycles. The summed E-state index contributed by atoms with van der Waals surface area (Å²) in [7, 11) is 0. The number of hydrogen-bond donors (Lipinski definition) is 0. The van der Waals surface area contributed by atoms with Gasteiger partial charge < -0.3 is 9.32 Å². The summed E-state index contributed by atoms with van der Waals surface area (Å²) in [5, 5.41) is 8.25. The van der Waals surface area contributed by atoms with Crippen LogP contribution in [0.3, 0.4) is 0 Å². The quantitative estimate of drug-likeness (QED) is 0.635. The fourth-order valence-electron chi connectivity index (χ4n) is 2.50. The van der Waals surface area contributed by atoms with Gasteiger partial charge in [-0.1, -0.05) is 17.9 Å². The van der Waals surface area contributed by atoms with Crippen molar-refractivity contribution >= 4 is 11.6 Å². The molecule has 0 fully saturated rings. The number of aromatic nitrogens is 4. The normalized spacial score (nSPS) is 10.9. The van der Waals surface area contributed by atoms with Crippen LogP contribution in [0.25, 0.3) is 11.5 Å². The molecule has 0 N–H and O–H groups in total. The Labute approximate surface area is 152 Å². The van der Waals surface area contributed by atoms with E-state index in [0.29, 0.717) is 23.8 Å². The van der Waals surface area contributed by atoms with Crippen LogP contribution in [0, 0.1) is 6.92 Å². The third-order valence-electron chi connectivity index (χ3n) is 3.87. The number of carbonyl (C=O) groups excluding carboxylic acids is 1.